The van der Waals surface area contributed by atoms with Crippen LogP contribution in [0.25, 0.3) is 0 Å². The lowest BCUT2D eigenvalue weighted by Crippen LogP contribution is -2.55. The smallest absolute Gasteiger partial charge is 0.130 e. The van der Waals surface area contributed by atoms with Gasteiger partial charge in [-0.15, -0.1) is 0 Å². The SMILES string of the molecule is CCC(C)(C(=O)[O-])[P+](c1ccccc1)(c1ccccc1)c1ccccc1. The molecule has 3 rings (SSSR count). The van der Waals surface area contributed by atoms with Gasteiger partial charge < -0.3 is 9.90 Å². The third kappa shape index (κ3) is 2.75. The molecule has 3 heteroatoms. The first-order valence-corrected chi connectivity index (χ1v) is 10.6. The zero-order chi connectivity index (χ0) is 18.6. The molecule has 0 bridgehead atoms. The van der Waals surface area contributed by atoms with Crippen molar-refractivity contribution in [3.63, 3.8) is 0 Å². The van der Waals surface area contributed by atoms with Crippen LogP contribution in [0.3, 0.4) is 0 Å². The third-order valence-corrected chi connectivity index (χ3v) is 10.5. The van der Waals surface area contributed by atoms with Gasteiger partial charge in [-0.1, -0.05) is 61.5 Å². The van der Waals surface area contributed by atoms with E-state index in [9.17, 15) is 9.90 Å². The zero-order valence-electron chi connectivity index (χ0n) is 15.1. The lowest BCUT2D eigenvalue weighted by atomic mass is 10.1. The van der Waals surface area contributed by atoms with Gasteiger partial charge in [0.05, 0.1) is 5.97 Å². The van der Waals surface area contributed by atoms with Crippen molar-refractivity contribution >= 4 is 29.1 Å². The standard InChI is InChI=1S/C23H23O2P/c1-3-23(2,22(24)25)26(19-13-7-4-8-14-19,20-15-9-5-10-16-20)21-17-11-6-12-18-21/h4-18H,3H2,1-2H3. The highest BCUT2D eigenvalue weighted by molar-refractivity contribution is 7.97. The van der Waals surface area contributed by atoms with Crippen molar-refractivity contribution in [1.29, 1.82) is 0 Å². The number of carbonyl (C=O) groups excluding carboxylic acids is 1. The summed E-state index contributed by atoms with van der Waals surface area (Å²) in [6.45, 7) is 3.79. The predicted octanol–water partition coefficient (Wildman–Crippen LogP) is 2.90. The number of benzene rings is 3. The highest BCUT2D eigenvalue weighted by Crippen LogP contribution is 2.66. The van der Waals surface area contributed by atoms with Crippen molar-refractivity contribution in [2.75, 3.05) is 0 Å². The van der Waals surface area contributed by atoms with E-state index in [0.29, 0.717) is 6.42 Å². The molecule has 0 aromatic heterocycles. The van der Waals surface area contributed by atoms with Crippen molar-refractivity contribution < 1.29 is 9.90 Å². The summed E-state index contributed by atoms with van der Waals surface area (Å²) in [6, 6.07) is 30.2. The van der Waals surface area contributed by atoms with Crippen LogP contribution in [0, 0.1) is 0 Å². The van der Waals surface area contributed by atoms with E-state index in [2.05, 4.69) is 36.4 Å². The molecule has 0 heterocycles. The molecule has 0 N–H and O–H groups in total. The summed E-state index contributed by atoms with van der Waals surface area (Å²) in [7, 11) is -2.49. The number of carbonyl (C=O) groups is 1. The molecule has 2 nitrogen and oxygen atoms in total. The van der Waals surface area contributed by atoms with Gasteiger partial charge in [0.2, 0.25) is 0 Å². The van der Waals surface area contributed by atoms with E-state index >= 15 is 0 Å². The Bertz CT molecular complexity index is 766. The molecule has 0 aliphatic heterocycles. The van der Waals surface area contributed by atoms with E-state index in [0.717, 1.165) is 15.9 Å². The quantitative estimate of drug-likeness (QED) is 0.633. The Morgan fingerprint density at radius 1 is 0.769 bits per heavy atom. The number of carboxylic acids is 1. The van der Waals surface area contributed by atoms with Gasteiger partial charge in [-0.3, -0.25) is 0 Å². The average molecular weight is 362 g/mol. The highest BCUT2D eigenvalue weighted by atomic mass is 31.2. The van der Waals surface area contributed by atoms with Crippen LogP contribution in [0.5, 0.6) is 0 Å². The van der Waals surface area contributed by atoms with Crippen molar-refractivity contribution in [3.8, 4) is 0 Å². The van der Waals surface area contributed by atoms with E-state index in [1.165, 1.54) is 0 Å². The molecular formula is C23H23O2P. The summed E-state index contributed by atoms with van der Waals surface area (Å²) in [4.78, 5) is 12.5. The first-order chi connectivity index (χ1) is 12.6. The van der Waals surface area contributed by atoms with Crippen molar-refractivity contribution in [2.45, 2.75) is 25.4 Å². The van der Waals surface area contributed by atoms with Crippen LogP contribution in [-0.2, 0) is 4.79 Å². The molecule has 132 valence electrons. The highest BCUT2D eigenvalue weighted by Gasteiger charge is 2.60. The molecule has 26 heavy (non-hydrogen) atoms. The molecule has 1 atom stereocenters. The van der Waals surface area contributed by atoms with E-state index in [-0.39, 0.29) is 0 Å². The minimum Gasteiger partial charge on any atom is -0.546 e. The van der Waals surface area contributed by atoms with Crippen molar-refractivity contribution in [1.82, 2.24) is 0 Å². The zero-order valence-corrected chi connectivity index (χ0v) is 16.0. The monoisotopic (exact) mass is 362 g/mol. The van der Waals surface area contributed by atoms with Crippen molar-refractivity contribution in [2.24, 2.45) is 0 Å². The lowest BCUT2D eigenvalue weighted by molar-refractivity contribution is -0.309. The minimum atomic E-state index is -2.49. The molecule has 0 saturated heterocycles. The molecule has 3 aromatic rings. The molecular weight excluding hydrogens is 339 g/mol. The van der Waals surface area contributed by atoms with Crippen LogP contribution < -0.4 is 21.0 Å². The fourth-order valence-electron chi connectivity index (χ4n) is 3.78. The van der Waals surface area contributed by atoms with E-state index < -0.39 is 18.4 Å². The molecule has 0 fully saturated rings. The number of hydrogen-bond donors (Lipinski definition) is 0. The molecule has 0 saturated carbocycles. The molecule has 3 aromatic carbocycles. The third-order valence-electron chi connectivity index (χ3n) is 5.30. The van der Waals surface area contributed by atoms with Crippen LogP contribution in [0.4, 0.5) is 0 Å². The molecule has 0 aliphatic carbocycles. The largest absolute Gasteiger partial charge is 0.546 e. The van der Waals surface area contributed by atoms with E-state index in [1.54, 1.807) is 0 Å². The van der Waals surface area contributed by atoms with Gasteiger partial charge in [-0.2, -0.15) is 0 Å². The number of hydrogen-bond acceptors (Lipinski definition) is 2. The summed E-state index contributed by atoms with van der Waals surface area (Å²) in [5, 5.41) is 14.7. The van der Waals surface area contributed by atoms with Crippen LogP contribution in [-0.4, -0.2) is 11.1 Å². The van der Waals surface area contributed by atoms with Gasteiger partial charge in [-0.05, 0) is 49.7 Å². The van der Waals surface area contributed by atoms with Crippen molar-refractivity contribution in [3.05, 3.63) is 91.0 Å². The lowest BCUT2D eigenvalue weighted by Gasteiger charge is -2.42. The Hall–Kier alpha value is -2.44. The fourth-order valence-corrected chi connectivity index (χ4v) is 8.99. The first kappa shape index (κ1) is 18.4. The van der Waals surface area contributed by atoms with E-state index in [4.69, 9.17) is 0 Å². The van der Waals surface area contributed by atoms with Crippen LogP contribution >= 0.6 is 7.26 Å². The maximum absolute atomic E-state index is 12.5. The number of rotatable bonds is 6. The maximum atomic E-state index is 12.5. The van der Waals surface area contributed by atoms with E-state index in [1.807, 2.05) is 68.4 Å². The Balaban J connectivity index is 2.50. The first-order valence-electron chi connectivity index (χ1n) is 8.85. The maximum Gasteiger partial charge on any atom is 0.130 e. The van der Waals surface area contributed by atoms with Gasteiger partial charge in [-0.25, -0.2) is 0 Å². The van der Waals surface area contributed by atoms with Gasteiger partial charge in [0.25, 0.3) is 0 Å². The topological polar surface area (TPSA) is 40.1 Å². The molecule has 0 radical (unpaired) electrons. The normalized spacial score (nSPS) is 13.8. The second kappa shape index (κ2) is 7.43. The summed E-state index contributed by atoms with van der Waals surface area (Å²) >= 11 is 0. The van der Waals surface area contributed by atoms with Crippen LogP contribution in [0.2, 0.25) is 0 Å². The number of aliphatic carboxylic acids is 1. The summed E-state index contributed by atoms with van der Waals surface area (Å²) in [6.07, 6.45) is 0.488. The van der Waals surface area contributed by atoms with Gasteiger partial charge >= 0.3 is 0 Å². The van der Waals surface area contributed by atoms with Gasteiger partial charge in [0.15, 0.2) is 0 Å². The summed E-state index contributed by atoms with van der Waals surface area (Å²) in [5.41, 5.74) is 0. The molecule has 1 unspecified atom stereocenters. The predicted molar refractivity (Wildman–Crippen MR) is 109 cm³/mol. The Morgan fingerprint density at radius 3 is 1.31 bits per heavy atom. The van der Waals surface area contributed by atoms with Crippen LogP contribution in [0.15, 0.2) is 91.0 Å². The summed E-state index contributed by atoms with van der Waals surface area (Å²) < 4.78 is 0. The summed E-state index contributed by atoms with van der Waals surface area (Å²) in [5.74, 6) is -0.995. The molecule has 0 spiro atoms. The van der Waals surface area contributed by atoms with Gasteiger partial charge in [0, 0.05) is 0 Å². The molecule has 0 amide bonds. The Kier molecular flexibility index (Phi) is 5.25. The second-order valence-electron chi connectivity index (χ2n) is 6.59. The molecule has 0 aliphatic rings. The fraction of sp³-hybridized carbons (Fsp3) is 0.174. The Morgan fingerprint density at radius 2 is 1.08 bits per heavy atom. The van der Waals surface area contributed by atoms with Gasteiger partial charge in [0.1, 0.15) is 28.3 Å². The Labute approximate surface area is 155 Å². The minimum absolute atomic E-state index is 0.488. The average Bonchev–Trinajstić information content (AvgIpc) is 2.70. The van der Waals surface area contributed by atoms with Crippen LogP contribution in [0.1, 0.15) is 20.3 Å². The second-order valence-corrected chi connectivity index (χ2v) is 10.5. The number of carboxylic acid groups (broad SMARTS) is 1.